The summed E-state index contributed by atoms with van der Waals surface area (Å²) in [5.41, 5.74) is 5.08. The van der Waals surface area contributed by atoms with Gasteiger partial charge in [-0.3, -0.25) is 9.59 Å². The quantitative estimate of drug-likeness (QED) is 0.782. The zero-order valence-corrected chi connectivity index (χ0v) is 10.3. The molecule has 1 heterocycles. The topological polar surface area (TPSA) is 90.0 Å². The number of carbonyl (C=O) groups excluding carboxylic acids is 1. The second-order valence-corrected chi connectivity index (χ2v) is 3.92. The van der Waals surface area contributed by atoms with Crippen LogP contribution in [0.25, 0.3) is 0 Å². The Morgan fingerprint density at radius 1 is 1.65 bits per heavy atom. The molecule has 1 aromatic rings. The van der Waals surface area contributed by atoms with E-state index in [-0.39, 0.29) is 17.0 Å². The van der Waals surface area contributed by atoms with E-state index in [1.807, 2.05) is 6.92 Å². The Hall–Kier alpha value is -1.56. The van der Waals surface area contributed by atoms with Gasteiger partial charge in [-0.1, -0.05) is 18.5 Å². The maximum atomic E-state index is 11.7. The van der Waals surface area contributed by atoms with Crippen molar-refractivity contribution in [1.29, 1.82) is 0 Å². The molecule has 94 valence electrons. The summed E-state index contributed by atoms with van der Waals surface area (Å²) in [5.74, 6) is -0.416. The lowest BCUT2D eigenvalue weighted by Crippen LogP contribution is -2.24. The molecule has 0 aliphatic carbocycles. The van der Waals surface area contributed by atoms with E-state index in [1.54, 1.807) is 0 Å². The van der Waals surface area contributed by atoms with Crippen LogP contribution < -0.4 is 16.6 Å². The van der Waals surface area contributed by atoms with Gasteiger partial charge in [0.15, 0.2) is 0 Å². The highest BCUT2D eigenvalue weighted by Crippen LogP contribution is 2.14. The summed E-state index contributed by atoms with van der Waals surface area (Å²) < 4.78 is 1.31. The minimum Gasteiger partial charge on any atom is -0.382 e. The van der Waals surface area contributed by atoms with E-state index in [1.165, 1.54) is 10.9 Å². The molecule has 0 saturated carbocycles. The highest BCUT2D eigenvalue weighted by Gasteiger charge is 2.08. The molecule has 17 heavy (non-hydrogen) atoms. The number of halogens is 1. The molecule has 0 spiro atoms. The molecule has 1 aromatic heterocycles. The molecule has 0 aliphatic rings. The number of aromatic nitrogens is 2. The summed E-state index contributed by atoms with van der Waals surface area (Å²) in [6.07, 6.45) is 2.45. The van der Waals surface area contributed by atoms with Gasteiger partial charge in [-0.15, -0.1) is 0 Å². The van der Waals surface area contributed by atoms with Crippen LogP contribution in [0.4, 0.5) is 5.69 Å². The Balaban J connectivity index is 2.78. The Morgan fingerprint density at radius 3 is 2.94 bits per heavy atom. The third-order valence-corrected chi connectivity index (χ3v) is 2.47. The van der Waals surface area contributed by atoms with Gasteiger partial charge in [0, 0.05) is 19.5 Å². The van der Waals surface area contributed by atoms with Crippen LogP contribution in [-0.2, 0) is 11.3 Å². The predicted octanol–water partition coefficient (Wildman–Crippen LogP) is 0.594. The van der Waals surface area contributed by atoms with Crippen LogP contribution in [0.15, 0.2) is 11.0 Å². The average Bonchev–Trinajstić information content (AvgIpc) is 2.28. The molecule has 0 fully saturated rings. The van der Waals surface area contributed by atoms with Gasteiger partial charge in [0.05, 0.1) is 11.9 Å². The fourth-order valence-corrected chi connectivity index (χ4v) is 1.49. The lowest BCUT2D eigenvalue weighted by molar-refractivity contribution is -0.117. The maximum absolute atomic E-state index is 11.7. The van der Waals surface area contributed by atoms with Crippen molar-refractivity contribution in [3.8, 4) is 0 Å². The average molecular weight is 259 g/mol. The van der Waals surface area contributed by atoms with Crippen molar-refractivity contribution in [2.45, 2.75) is 26.3 Å². The molecular formula is C10H15ClN4O2. The van der Waals surface area contributed by atoms with Crippen LogP contribution in [0, 0.1) is 0 Å². The van der Waals surface area contributed by atoms with Gasteiger partial charge in [-0.05, 0) is 6.42 Å². The first-order valence-corrected chi connectivity index (χ1v) is 5.71. The Bertz CT molecular complexity index is 458. The molecule has 0 radical (unpaired) electrons. The number of amides is 1. The maximum Gasteiger partial charge on any atom is 0.287 e. The molecule has 0 unspecified atom stereocenters. The van der Waals surface area contributed by atoms with Crippen molar-refractivity contribution in [1.82, 2.24) is 9.78 Å². The van der Waals surface area contributed by atoms with Crippen LogP contribution in [0.2, 0.25) is 5.02 Å². The first-order chi connectivity index (χ1) is 8.06. The zero-order chi connectivity index (χ0) is 12.8. The Labute approximate surface area is 104 Å². The zero-order valence-electron chi connectivity index (χ0n) is 9.57. The number of hydrogen-bond donors (Lipinski definition) is 2. The minimum atomic E-state index is -0.416. The third kappa shape index (κ3) is 3.74. The molecule has 1 amide bonds. The van der Waals surface area contributed by atoms with Crippen molar-refractivity contribution in [3.63, 3.8) is 0 Å². The summed E-state index contributed by atoms with van der Waals surface area (Å²) in [5, 5.41) is 6.89. The van der Waals surface area contributed by atoms with Gasteiger partial charge in [0.2, 0.25) is 5.91 Å². The molecule has 3 N–H and O–H groups in total. The number of anilines is 1. The van der Waals surface area contributed by atoms with Crippen molar-refractivity contribution < 1.29 is 4.79 Å². The Kier molecular flexibility index (Phi) is 4.96. The summed E-state index contributed by atoms with van der Waals surface area (Å²) in [6, 6.07) is 0. The number of aryl methyl sites for hydroxylation is 1. The van der Waals surface area contributed by atoms with Crippen LogP contribution in [-0.4, -0.2) is 22.2 Å². The largest absolute Gasteiger partial charge is 0.382 e. The molecular weight excluding hydrogens is 244 g/mol. The molecule has 0 bridgehead atoms. The summed E-state index contributed by atoms with van der Waals surface area (Å²) in [4.78, 5) is 22.3. The fourth-order valence-electron chi connectivity index (χ4n) is 1.28. The van der Waals surface area contributed by atoms with E-state index in [4.69, 9.17) is 17.3 Å². The molecule has 6 nitrogen and oxygen atoms in total. The highest BCUT2D eigenvalue weighted by molar-refractivity contribution is 6.32. The predicted molar refractivity (Wildman–Crippen MR) is 66.1 cm³/mol. The monoisotopic (exact) mass is 258 g/mol. The van der Waals surface area contributed by atoms with Crippen molar-refractivity contribution >= 4 is 23.2 Å². The number of hydrogen-bond acceptors (Lipinski definition) is 4. The summed E-state index contributed by atoms with van der Waals surface area (Å²) in [6.45, 7) is 2.80. The third-order valence-electron chi connectivity index (χ3n) is 2.11. The summed E-state index contributed by atoms with van der Waals surface area (Å²) in [7, 11) is 0. The van der Waals surface area contributed by atoms with E-state index in [0.29, 0.717) is 18.8 Å². The number of nitrogens with one attached hydrogen (secondary N) is 1. The van der Waals surface area contributed by atoms with Crippen molar-refractivity contribution in [2.75, 3.05) is 11.9 Å². The van der Waals surface area contributed by atoms with Gasteiger partial charge in [-0.25, -0.2) is 4.68 Å². The lowest BCUT2D eigenvalue weighted by Gasteiger charge is -2.08. The Morgan fingerprint density at radius 2 is 2.35 bits per heavy atom. The van der Waals surface area contributed by atoms with Gasteiger partial charge in [0.1, 0.15) is 5.02 Å². The van der Waals surface area contributed by atoms with Gasteiger partial charge >= 0.3 is 0 Å². The molecule has 0 aliphatic heterocycles. The van der Waals surface area contributed by atoms with E-state index in [9.17, 15) is 9.59 Å². The van der Waals surface area contributed by atoms with Crippen LogP contribution in [0.3, 0.4) is 0 Å². The summed E-state index contributed by atoms with van der Waals surface area (Å²) >= 11 is 5.90. The lowest BCUT2D eigenvalue weighted by atomic mass is 10.4. The normalized spacial score (nSPS) is 10.2. The van der Waals surface area contributed by atoms with E-state index >= 15 is 0 Å². The second kappa shape index (κ2) is 6.24. The van der Waals surface area contributed by atoms with Crippen LogP contribution >= 0.6 is 11.6 Å². The number of nitrogens with zero attached hydrogens (tertiary/aromatic N) is 2. The minimum absolute atomic E-state index is 0.0814. The molecule has 0 aromatic carbocycles. The van der Waals surface area contributed by atoms with Gasteiger partial charge in [-0.2, -0.15) is 5.10 Å². The first kappa shape index (κ1) is 13.5. The van der Waals surface area contributed by atoms with Crippen molar-refractivity contribution in [2.24, 2.45) is 5.73 Å². The number of carbonyl (C=O) groups is 1. The number of rotatable bonds is 6. The van der Waals surface area contributed by atoms with Crippen molar-refractivity contribution in [3.05, 3.63) is 21.6 Å². The molecule has 0 atom stereocenters. The smallest absolute Gasteiger partial charge is 0.287 e. The molecule has 7 heteroatoms. The highest BCUT2D eigenvalue weighted by atomic mass is 35.5. The number of nitrogens with two attached hydrogens (primary N) is 1. The molecule has 1 rings (SSSR count). The second-order valence-electron chi connectivity index (χ2n) is 3.54. The SMILES string of the molecule is CCCn1ncc(NCCC(N)=O)c(Cl)c1=O. The fraction of sp³-hybridized carbons (Fsp3) is 0.500. The molecule has 0 saturated heterocycles. The van der Waals surface area contributed by atoms with E-state index < -0.39 is 5.91 Å². The van der Waals surface area contributed by atoms with Gasteiger partial charge < -0.3 is 11.1 Å². The first-order valence-electron chi connectivity index (χ1n) is 5.34. The standard InChI is InChI=1S/C10H15ClN4O2/c1-2-5-15-10(17)9(11)7(6-14-15)13-4-3-8(12)16/h6,13H,2-5H2,1H3,(H2,12,16). The van der Waals surface area contributed by atoms with E-state index in [2.05, 4.69) is 10.4 Å². The number of primary amides is 1. The van der Waals surface area contributed by atoms with E-state index in [0.717, 1.165) is 6.42 Å². The van der Waals surface area contributed by atoms with Gasteiger partial charge in [0.25, 0.3) is 5.56 Å². The van der Waals surface area contributed by atoms with Crippen LogP contribution in [0.5, 0.6) is 0 Å². The van der Waals surface area contributed by atoms with Crippen LogP contribution in [0.1, 0.15) is 19.8 Å².